The molecule has 190 valence electrons. The number of alkyl halides is 2. The van der Waals surface area contributed by atoms with E-state index in [9.17, 15) is 22.4 Å². The SMILES string of the molecule is CC.CN1CC2(C1)CN(C(=O)Nc1c(-c3cc(F)ccc3F)ccnc1C1CCC(F)(F)CC1)C2. The first-order valence-corrected chi connectivity index (χ1v) is 12.2. The molecule has 1 aliphatic carbocycles. The van der Waals surface area contributed by atoms with Crippen LogP contribution in [0, 0.1) is 17.0 Å². The quantitative estimate of drug-likeness (QED) is 0.525. The Kier molecular flexibility index (Phi) is 7.09. The normalized spacial score (nSPS) is 20.9. The molecule has 1 aromatic heterocycles. The zero-order valence-electron chi connectivity index (χ0n) is 20.4. The van der Waals surface area contributed by atoms with Gasteiger partial charge in [-0.05, 0) is 44.2 Å². The summed E-state index contributed by atoms with van der Waals surface area (Å²) in [6, 6.07) is 4.31. The molecule has 1 N–H and O–H groups in total. The number of pyridine rings is 1. The van der Waals surface area contributed by atoms with Gasteiger partial charge in [0.1, 0.15) is 11.6 Å². The van der Waals surface area contributed by atoms with Gasteiger partial charge in [0.2, 0.25) is 5.92 Å². The minimum atomic E-state index is -2.71. The second-order valence-electron chi connectivity index (χ2n) is 9.83. The molecule has 1 saturated carbocycles. The number of hydrogen-bond donors (Lipinski definition) is 1. The summed E-state index contributed by atoms with van der Waals surface area (Å²) in [5.41, 5.74) is 1.14. The number of halogens is 4. The molecule has 35 heavy (non-hydrogen) atoms. The van der Waals surface area contributed by atoms with E-state index in [1.807, 2.05) is 20.9 Å². The summed E-state index contributed by atoms with van der Waals surface area (Å²) in [7, 11) is 2.03. The van der Waals surface area contributed by atoms with E-state index in [1.54, 1.807) is 4.90 Å². The minimum absolute atomic E-state index is 0.00390. The first-order valence-electron chi connectivity index (χ1n) is 12.2. The molecule has 2 saturated heterocycles. The van der Waals surface area contributed by atoms with Gasteiger partial charge in [-0.15, -0.1) is 0 Å². The number of amides is 2. The summed E-state index contributed by atoms with van der Waals surface area (Å²) in [5.74, 6) is -4.27. The molecule has 2 aromatic rings. The Morgan fingerprint density at radius 2 is 1.69 bits per heavy atom. The van der Waals surface area contributed by atoms with E-state index in [-0.39, 0.29) is 54.3 Å². The fourth-order valence-corrected chi connectivity index (χ4v) is 5.55. The topological polar surface area (TPSA) is 48.5 Å². The molecule has 0 radical (unpaired) electrons. The zero-order valence-corrected chi connectivity index (χ0v) is 20.4. The van der Waals surface area contributed by atoms with Crippen molar-refractivity contribution >= 4 is 11.7 Å². The molecule has 5 nitrogen and oxygen atoms in total. The van der Waals surface area contributed by atoms with Crippen LogP contribution in [-0.4, -0.2) is 60.0 Å². The minimum Gasteiger partial charge on any atom is -0.323 e. The molecule has 3 heterocycles. The van der Waals surface area contributed by atoms with Crippen LogP contribution in [0.15, 0.2) is 30.5 Å². The Morgan fingerprint density at radius 3 is 2.31 bits per heavy atom. The van der Waals surface area contributed by atoms with Crippen molar-refractivity contribution in [2.75, 3.05) is 38.5 Å². The fraction of sp³-hybridized carbons (Fsp3) is 0.538. The van der Waals surface area contributed by atoms with Crippen molar-refractivity contribution in [2.45, 2.75) is 51.4 Å². The number of carbonyl (C=O) groups excluding carboxylic acids is 1. The largest absolute Gasteiger partial charge is 0.323 e. The molecular formula is C26H32F4N4O. The predicted molar refractivity (Wildman–Crippen MR) is 128 cm³/mol. The Balaban J connectivity index is 0.00000141. The van der Waals surface area contributed by atoms with Gasteiger partial charge in [-0.2, -0.15) is 0 Å². The highest BCUT2D eigenvalue weighted by Crippen LogP contribution is 2.45. The van der Waals surface area contributed by atoms with E-state index in [2.05, 4.69) is 15.2 Å². The fourth-order valence-electron chi connectivity index (χ4n) is 5.55. The van der Waals surface area contributed by atoms with Crippen LogP contribution in [0.2, 0.25) is 0 Å². The Labute approximate surface area is 203 Å². The van der Waals surface area contributed by atoms with Gasteiger partial charge in [-0.3, -0.25) is 4.98 Å². The van der Waals surface area contributed by atoms with Gasteiger partial charge >= 0.3 is 6.03 Å². The number of nitrogens with one attached hydrogen (secondary N) is 1. The summed E-state index contributed by atoms with van der Waals surface area (Å²) >= 11 is 0. The summed E-state index contributed by atoms with van der Waals surface area (Å²) in [5, 5.41) is 2.88. The molecule has 2 aliphatic heterocycles. The summed E-state index contributed by atoms with van der Waals surface area (Å²) < 4.78 is 56.1. The summed E-state index contributed by atoms with van der Waals surface area (Å²) in [6.07, 6.45) is 1.33. The lowest BCUT2D eigenvalue weighted by Gasteiger charge is -2.59. The molecule has 0 bridgehead atoms. The molecule has 9 heteroatoms. The van der Waals surface area contributed by atoms with Gasteiger partial charge < -0.3 is 15.1 Å². The van der Waals surface area contributed by atoms with Crippen LogP contribution in [0.5, 0.6) is 0 Å². The summed E-state index contributed by atoms with van der Waals surface area (Å²) in [6.45, 7) is 7.12. The average molecular weight is 493 g/mol. The van der Waals surface area contributed by atoms with Gasteiger partial charge in [-0.25, -0.2) is 22.4 Å². The zero-order chi connectivity index (χ0) is 25.4. The molecule has 0 atom stereocenters. The third-order valence-corrected chi connectivity index (χ3v) is 7.09. The van der Waals surface area contributed by atoms with Gasteiger partial charge in [-0.1, -0.05) is 13.8 Å². The Morgan fingerprint density at radius 1 is 1.03 bits per heavy atom. The van der Waals surface area contributed by atoms with Crippen LogP contribution in [0.1, 0.15) is 51.1 Å². The number of carbonyl (C=O) groups is 1. The number of hydrogen-bond acceptors (Lipinski definition) is 3. The summed E-state index contributed by atoms with van der Waals surface area (Å²) in [4.78, 5) is 21.4. The molecule has 1 spiro atoms. The van der Waals surface area contributed by atoms with Crippen LogP contribution >= 0.6 is 0 Å². The molecule has 0 unspecified atom stereocenters. The van der Waals surface area contributed by atoms with Crippen molar-refractivity contribution in [2.24, 2.45) is 5.41 Å². The highest BCUT2D eigenvalue weighted by atomic mass is 19.3. The highest BCUT2D eigenvalue weighted by molar-refractivity contribution is 5.96. The maximum Gasteiger partial charge on any atom is 0.321 e. The molecule has 3 fully saturated rings. The second-order valence-corrected chi connectivity index (χ2v) is 9.83. The molecule has 1 aromatic carbocycles. The first-order chi connectivity index (χ1) is 16.6. The molecule has 3 aliphatic rings. The van der Waals surface area contributed by atoms with Crippen molar-refractivity contribution in [3.05, 3.63) is 47.8 Å². The lowest BCUT2D eigenvalue weighted by molar-refractivity contribution is -0.0806. The number of anilines is 1. The maximum atomic E-state index is 14.7. The maximum absolute atomic E-state index is 14.7. The van der Waals surface area contributed by atoms with Crippen molar-refractivity contribution in [3.63, 3.8) is 0 Å². The van der Waals surface area contributed by atoms with Crippen LogP contribution in [0.3, 0.4) is 0 Å². The number of likely N-dealkylation sites (tertiary alicyclic amines) is 2. The third-order valence-electron chi connectivity index (χ3n) is 7.09. The van der Waals surface area contributed by atoms with Gasteiger partial charge in [0.25, 0.3) is 0 Å². The smallest absolute Gasteiger partial charge is 0.321 e. The van der Waals surface area contributed by atoms with Crippen molar-refractivity contribution in [1.29, 1.82) is 0 Å². The van der Waals surface area contributed by atoms with Gasteiger partial charge in [0.15, 0.2) is 0 Å². The van der Waals surface area contributed by atoms with Crippen molar-refractivity contribution in [3.8, 4) is 11.1 Å². The number of rotatable bonds is 3. The molecule has 5 rings (SSSR count). The van der Waals surface area contributed by atoms with E-state index >= 15 is 0 Å². The van der Waals surface area contributed by atoms with Crippen LogP contribution < -0.4 is 5.32 Å². The molecular weight excluding hydrogens is 460 g/mol. The number of urea groups is 1. The third kappa shape index (κ3) is 5.15. The monoisotopic (exact) mass is 492 g/mol. The predicted octanol–water partition coefficient (Wildman–Crippen LogP) is 6.13. The van der Waals surface area contributed by atoms with E-state index in [1.165, 1.54) is 12.3 Å². The van der Waals surface area contributed by atoms with E-state index < -0.39 is 17.6 Å². The Hall–Kier alpha value is -2.68. The van der Waals surface area contributed by atoms with E-state index in [0.29, 0.717) is 24.3 Å². The number of benzene rings is 1. The lowest BCUT2D eigenvalue weighted by atomic mass is 9.73. The Bertz CT molecular complexity index is 1070. The van der Waals surface area contributed by atoms with E-state index in [4.69, 9.17) is 0 Å². The van der Waals surface area contributed by atoms with E-state index in [0.717, 1.165) is 31.3 Å². The lowest BCUT2D eigenvalue weighted by Crippen LogP contribution is -2.72. The van der Waals surface area contributed by atoms with Crippen LogP contribution in [0.25, 0.3) is 11.1 Å². The van der Waals surface area contributed by atoms with Gasteiger partial charge in [0, 0.05) is 67.7 Å². The highest BCUT2D eigenvalue weighted by Gasteiger charge is 2.52. The van der Waals surface area contributed by atoms with Crippen molar-refractivity contribution in [1.82, 2.24) is 14.8 Å². The standard InChI is InChI=1S/C24H26F4N4O.C2H6/c1-31-11-23(12-31)13-32(14-23)22(33)30-21-17(18-10-16(25)2-3-19(18)26)6-9-29-20(21)15-4-7-24(27,28)8-5-15;1-2/h2-3,6,9-10,15H,4-5,7-8,11-14H2,1H3,(H,30,33);1-2H3. The van der Waals surface area contributed by atoms with Gasteiger partial charge in [0.05, 0.1) is 11.4 Å². The number of aromatic nitrogens is 1. The second kappa shape index (κ2) is 9.76. The van der Waals surface area contributed by atoms with Crippen molar-refractivity contribution < 1.29 is 22.4 Å². The van der Waals surface area contributed by atoms with Crippen LogP contribution in [0.4, 0.5) is 28.0 Å². The average Bonchev–Trinajstić information content (AvgIpc) is 2.78. The van der Waals surface area contributed by atoms with Crippen LogP contribution in [-0.2, 0) is 0 Å². The molecule has 2 amide bonds. The first kappa shape index (κ1) is 25.4. The number of nitrogens with zero attached hydrogens (tertiary/aromatic N) is 3.